The van der Waals surface area contributed by atoms with Crippen LogP contribution in [0.5, 0.6) is 0 Å². The van der Waals surface area contributed by atoms with Crippen LogP contribution in [-0.4, -0.2) is 54.2 Å². The number of aryl methyl sites for hydroxylation is 1. The van der Waals surface area contributed by atoms with Crippen molar-refractivity contribution in [2.45, 2.75) is 32.1 Å². The molecule has 0 spiro atoms. The number of hydrogen-bond acceptors (Lipinski definition) is 3. The van der Waals surface area contributed by atoms with E-state index in [9.17, 15) is 9.59 Å². The first-order valence-corrected chi connectivity index (χ1v) is 9.23. The van der Waals surface area contributed by atoms with Crippen molar-refractivity contribution in [1.29, 1.82) is 0 Å². The van der Waals surface area contributed by atoms with Gasteiger partial charge in [-0.2, -0.15) is 0 Å². The Morgan fingerprint density at radius 1 is 1.08 bits per heavy atom. The summed E-state index contributed by atoms with van der Waals surface area (Å²) >= 11 is 0. The molecule has 1 aromatic carbocycles. The van der Waals surface area contributed by atoms with E-state index in [1.54, 1.807) is 0 Å². The lowest BCUT2D eigenvalue weighted by Gasteiger charge is -2.34. The molecular formula is C20H26N2O2. The molecule has 0 N–H and O–H groups in total. The van der Waals surface area contributed by atoms with E-state index in [-0.39, 0.29) is 5.92 Å². The fraction of sp³-hybridized carbons (Fsp3) is 0.600. The molecule has 1 aliphatic heterocycles. The number of rotatable bonds is 5. The average Bonchev–Trinajstić information content (AvgIpc) is 3.48. The molecule has 0 aromatic heterocycles. The lowest BCUT2D eigenvalue weighted by Crippen LogP contribution is -2.50. The first-order chi connectivity index (χ1) is 11.6. The van der Waals surface area contributed by atoms with Gasteiger partial charge in [0.05, 0.1) is 6.54 Å². The largest absolute Gasteiger partial charge is 0.340 e. The van der Waals surface area contributed by atoms with Gasteiger partial charge in [-0.1, -0.05) is 24.3 Å². The number of benzene rings is 1. The van der Waals surface area contributed by atoms with Crippen molar-refractivity contribution in [3.8, 4) is 0 Å². The average molecular weight is 326 g/mol. The van der Waals surface area contributed by atoms with E-state index in [4.69, 9.17) is 0 Å². The summed E-state index contributed by atoms with van der Waals surface area (Å²) in [7, 11) is 0. The van der Waals surface area contributed by atoms with Crippen LogP contribution in [0.3, 0.4) is 0 Å². The molecule has 24 heavy (non-hydrogen) atoms. The number of amides is 1. The molecule has 0 radical (unpaired) electrons. The zero-order valence-corrected chi connectivity index (χ0v) is 14.4. The second kappa shape index (κ2) is 6.32. The van der Waals surface area contributed by atoms with Crippen LogP contribution in [0.4, 0.5) is 0 Å². The molecule has 1 amide bonds. The molecule has 2 aliphatic carbocycles. The minimum atomic E-state index is 0.172. The summed E-state index contributed by atoms with van der Waals surface area (Å²) in [5.74, 6) is 1.64. The predicted octanol–water partition coefficient (Wildman–Crippen LogP) is 2.22. The minimum Gasteiger partial charge on any atom is -0.340 e. The summed E-state index contributed by atoms with van der Waals surface area (Å²) < 4.78 is 0. The van der Waals surface area contributed by atoms with Gasteiger partial charge in [-0.05, 0) is 43.2 Å². The highest BCUT2D eigenvalue weighted by atomic mass is 16.2. The van der Waals surface area contributed by atoms with Crippen molar-refractivity contribution in [3.05, 3.63) is 35.4 Å². The number of Topliss-reactive ketones (excluding diaryl/α,β-unsaturated/α-hetero) is 1. The van der Waals surface area contributed by atoms with Crippen LogP contribution >= 0.6 is 0 Å². The molecule has 0 unspecified atom stereocenters. The lowest BCUT2D eigenvalue weighted by atomic mass is 10.0. The Bertz CT molecular complexity index is 645. The van der Waals surface area contributed by atoms with Crippen LogP contribution in [0.25, 0.3) is 0 Å². The Balaban J connectivity index is 1.28. The fourth-order valence-electron chi connectivity index (χ4n) is 3.93. The molecule has 3 aliphatic rings. The third-order valence-electron chi connectivity index (χ3n) is 5.79. The van der Waals surface area contributed by atoms with Crippen LogP contribution in [0.1, 0.15) is 36.3 Å². The Morgan fingerprint density at radius 2 is 1.79 bits per heavy atom. The standard InChI is InChI=1S/C20H26N2O2/c1-14-4-2-3-5-16(14)17-12-18(17)20(24)22-10-8-21(9-11-22)13-19(23)15-6-7-15/h2-5,15,17-18H,6-13H2,1H3/t17-,18-/m0/s1. The molecule has 4 nitrogen and oxygen atoms in total. The van der Waals surface area contributed by atoms with E-state index in [0.29, 0.717) is 30.1 Å². The van der Waals surface area contributed by atoms with Gasteiger partial charge in [-0.15, -0.1) is 0 Å². The van der Waals surface area contributed by atoms with Gasteiger partial charge < -0.3 is 4.90 Å². The quantitative estimate of drug-likeness (QED) is 0.833. The monoisotopic (exact) mass is 326 g/mol. The third-order valence-corrected chi connectivity index (χ3v) is 5.79. The van der Waals surface area contributed by atoms with E-state index in [0.717, 1.165) is 45.4 Å². The fourth-order valence-corrected chi connectivity index (χ4v) is 3.93. The van der Waals surface area contributed by atoms with Gasteiger partial charge in [0.15, 0.2) is 0 Å². The predicted molar refractivity (Wildman–Crippen MR) is 92.8 cm³/mol. The lowest BCUT2D eigenvalue weighted by molar-refractivity contribution is -0.134. The number of ketones is 1. The van der Waals surface area contributed by atoms with Crippen LogP contribution in [0, 0.1) is 18.8 Å². The number of hydrogen-bond donors (Lipinski definition) is 0. The topological polar surface area (TPSA) is 40.6 Å². The van der Waals surface area contributed by atoms with Crippen LogP contribution in [0.15, 0.2) is 24.3 Å². The van der Waals surface area contributed by atoms with E-state index >= 15 is 0 Å². The molecule has 1 heterocycles. The zero-order valence-electron chi connectivity index (χ0n) is 14.4. The molecule has 128 valence electrons. The van der Waals surface area contributed by atoms with Crippen molar-refractivity contribution < 1.29 is 9.59 Å². The Labute approximate surface area is 143 Å². The normalized spacial score (nSPS) is 27.1. The maximum absolute atomic E-state index is 12.7. The Hall–Kier alpha value is -1.68. The maximum Gasteiger partial charge on any atom is 0.226 e. The molecule has 0 bridgehead atoms. The summed E-state index contributed by atoms with van der Waals surface area (Å²) in [4.78, 5) is 28.9. The van der Waals surface area contributed by atoms with Gasteiger partial charge in [-0.25, -0.2) is 0 Å². The van der Waals surface area contributed by atoms with Gasteiger partial charge in [0.1, 0.15) is 5.78 Å². The van der Waals surface area contributed by atoms with Crippen molar-refractivity contribution in [2.75, 3.05) is 32.7 Å². The zero-order chi connectivity index (χ0) is 16.7. The minimum absolute atomic E-state index is 0.172. The van der Waals surface area contributed by atoms with Gasteiger partial charge >= 0.3 is 0 Å². The Kier molecular flexibility index (Phi) is 4.17. The highest BCUT2D eigenvalue weighted by molar-refractivity contribution is 5.85. The van der Waals surface area contributed by atoms with Crippen molar-refractivity contribution >= 4 is 11.7 Å². The molecule has 4 rings (SSSR count). The SMILES string of the molecule is Cc1ccccc1[C@@H]1C[C@@H]1C(=O)N1CCN(CC(=O)C2CC2)CC1. The number of piperazine rings is 1. The van der Waals surface area contributed by atoms with Crippen molar-refractivity contribution in [1.82, 2.24) is 9.80 Å². The Morgan fingerprint density at radius 3 is 2.46 bits per heavy atom. The van der Waals surface area contributed by atoms with Gasteiger partial charge in [0.2, 0.25) is 5.91 Å². The van der Waals surface area contributed by atoms with Gasteiger partial charge in [-0.3, -0.25) is 14.5 Å². The maximum atomic E-state index is 12.7. The van der Waals surface area contributed by atoms with Crippen LogP contribution in [0.2, 0.25) is 0 Å². The molecule has 2 saturated carbocycles. The molecule has 1 aromatic rings. The summed E-state index contributed by atoms with van der Waals surface area (Å²) in [6, 6.07) is 8.41. The van der Waals surface area contributed by atoms with E-state index < -0.39 is 0 Å². The van der Waals surface area contributed by atoms with Crippen LogP contribution in [-0.2, 0) is 9.59 Å². The summed E-state index contributed by atoms with van der Waals surface area (Å²) in [6.07, 6.45) is 3.16. The molecule has 3 fully saturated rings. The third kappa shape index (κ3) is 3.25. The second-order valence-electron chi connectivity index (χ2n) is 7.65. The van der Waals surface area contributed by atoms with E-state index in [2.05, 4.69) is 36.1 Å². The smallest absolute Gasteiger partial charge is 0.226 e. The van der Waals surface area contributed by atoms with Crippen molar-refractivity contribution in [3.63, 3.8) is 0 Å². The molecular weight excluding hydrogens is 300 g/mol. The highest BCUT2D eigenvalue weighted by Gasteiger charge is 2.46. The van der Waals surface area contributed by atoms with Crippen LogP contribution < -0.4 is 0 Å². The van der Waals surface area contributed by atoms with Gasteiger partial charge in [0, 0.05) is 38.0 Å². The molecule has 1 saturated heterocycles. The first-order valence-electron chi connectivity index (χ1n) is 9.23. The van der Waals surface area contributed by atoms with E-state index in [1.807, 2.05) is 4.90 Å². The van der Waals surface area contributed by atoms with Crippen molar-refractivity contribution in [2.24, 2.45) is 11.8 Å². The number of carbonyl (C=O) groups is 2. The molecule has 4 heteroatoms. The number of carbonyl (C=O) groups excluding carboxylic acids is 2. The second-order valence-corrected chi connectivity index (χ2v) is 7.65. The molecule has 2 atom stereocenters. The van der Waals surface area contributed by atoms with Gasteiger partial charge in [0.25, 0.3) is 0 Å². The number of nitrogens with zero attached hydrogens (tertiary/aromatic N) is 2. The first kappa shape index (κ1) is 15.8. The summed E-state index contributed by atoms with van der Waals surface area (Å²) in [6.45, 7) is 5.94. The van der Waals surface area contributed by atoms with E-state index in [1.165, 1.54) is 11.1 Å². The highest BCUT2D eigenvalue weighted by Crippen LogP contribution is 2.49. The summed E-state index contributed by atoms with van der Waals surface area (Å²) in [5, 5.41) is 0. The summed E-state index contributed by atoms with van der Waals surface area (Å²) in [5.41, 5.74) is 2.63.